The Kier molecular flexibility index (Phi) is 4.74. The third-order valence-corrected chi connectivity index (χ3v) is 5.27. The van der Waals surface area contributed by atoms with Crippen molar-refractivity contribution in [1.82, 2.24) is 23.9 Å². The standard InChI is InChI=1S/C23H18N6O4/c1-27-20-16(22(31)28(2)23(27)32)11-14(13-24-20)25-21(30)18-12-17(19-9-6-10-33-19)26-29(18)15-7-4-3-5-8-15/h3-13H,1-2H3,(H,25,30). The van der Waals surface area contributed by atoms with Crippen molar-refractivity contribution in [3.8, 4) is 17.1 Å². The summed E-state index contributed by atoms with van der Waals surface area (Å²) in [6, 6.07) is 15.8. The Morgan fingerprint density at radius 2 is 1.79 bits per heavy atom. The molecule has 4 heterocycles. The van der Waals surface area contributed by atoms with E-state index in [9.17, 15) is 14.4 Å². The topological polar surface area (TPSA) is 117 Å². The third kappa shape index (κ3) is 3.43. The first-order chi connectivity index (χ1) is 15.9. The molecule has 4 aromatic heterocycles. The van der Waals surface area contributed by atoms with Gasteiger partial charge < -0.3 is 9.73 Å². The summed E-state index contributed by atoms with van der Waals surface area (Å²) >= 11 is 0. The van der Waals surface area contributed by atoms with Gasteiger partial charge in [-0.1, -0.05) is 18.2 Å². The van der Waals surface area contributed by atoms with E-state index in [0.717, 1.165) is 4.57 Å². The van der Waals surface area contributed by atoms with Crippen LogP contribution in [-0.2, 0) is 14.1 Å². The lowest BCUT2D eigenvalue weighted by Crippen LogP contribution is -2.37. The van der Waals surface area contributed by atoms with Gasteiger partial charge >= 0.3 is 5.69 Å². The minimum absolute atomic E-state index is 0.213. The number of amides is 1. The van der Waals surface area contributed by atoms with Crippen LogP contribution in [0.4, 0.5) is 5.69 Å². The van der Waals surface area contributed by atoms with Gasteiger partial charge in [0.25, 0.3) is 11.5 Å². The van der Waals surface area contributed by atoms with Gasteiger partial charge in [-0.3, -0.25) is 18.7 Å². The normalized spacial score (nSPS) is 11.1. The van der Waals surface area contributed by atoms with E-state index in [2.05, 4.69) is 15.4 Å². The smallest absolute Gasteiger partial charge is 0.332 e. The summed E-state index contributed by atoms with van der Waals surface area (Å²) in [6.45, 7) is 0. The molecule has 0 aliphatic carbocycles. The number of aryl methyl sites for hydroxylation is 1. The van der Waals surface area contributed by atoms with Gasteiger partial charge in [0.15, 0.2) is 5.76 Å². The van der Waals surface area contributed by atoms with E-state index in [1.807, 2.05) is 30.3 Å². The molecule has 5 aromatic rings. The molecular weight excluding hydrogens is 424 g/mol. The monoisotopic (exact) mass is 442 g/mol. The number of hydrogen-bond donors (Lipinski definition) is 1. The first kappa shape index (κ1) is 20.2. The number of pyridine rings is 1. The number of carbonyl (C=O) groups is 1. The molecule has 1 N–H and O–H groups in total. The molecule has 0 atom stereocenters. The summed E-state index contributed by atoms with van der Waals surface area (Å²) in [4.78, 5) is 42.1. The van der Waals surface area contributed by atoms with Crippen molar-refractivity contribution in [3.05, 3.63) is 93.6 Å². The molecular formula is C23H18N6O4. The second-order valence-corrected chi connectivity index (χ2v) is 7.39. The van der Waals surface area contributed by atoms with Gasteiger partial charge in [-0.2, -0.15) is 5.10 Å². The molecule has 0 aliphatic rings. The zero-order chi connectivity index (χ0) is 23.1. The first-order valence-corrected chi connectivity index (χ1v) is 10.0. The van der Waals surface area contributed by atoms with E-state index in [1.54, 1.807) is 18.2 Å². The zero-order valence-corrected chi connectivity index (χ0v) is 17.7. The minimum atomic E-state index is -0.494. The lowest BCUT2D eigenvalue weighted by atomic mass is 10.2. The third-order valence-electron chi connectivity index (χ3n) is 5.27. The molecule has 0 saturated carbocycles. The van der Waals surface area contributed by atoms with Gasteiger partial charge in [0.1, 0.15) is 17.0 Å². The van der Waals surface area contributed by atoms with Crippen LogP contribution in [0.3, 0.4) is 0 Å². The van der Waals surface area contributed by atoms with E-state index in [1.165, 1.54) is 41.9 Å². The molecule has 1 aromatic carbocycles. The number of para-hydroxylation sites is 1. The van der Waals surface area contributed by atoms with Crippen LogP contribution in [0, 0.1) is 0 Å². The summed E-state index contributed by atoms with van der Waals surface area (Å²) in [5, 5.41) is 7.52. The highest BCUT2D eigenvalue weighted by Gasteiger charge is 2.20. The maximum absolute atomic E-state index is 13.2. The Labute approximate surface area is 186 Å². The lowest BCUT2D eigenvalue weighted by Gasteiger charge is -2.10. The molecule has 5 rings (SSSR count). The number of carbonyl (C=O) groups excluding carboxylic acids is 1. The SMILES string of the molecule is Cn1c(=O)c2cc(NC(=O)c3cc(-c4ccco4)nn3-c3ccccc3)cnc2n(C)c1=O. The predicted octanol–water partition coefficient (Wildman–Crippen LogP) is 2.33. The second kappa shape index (κ2) is 7.75. The van der Waals surface area contributed by atoms with E-state index in [-0.39, 0.29) is 16.7 Å². The average molecular weight is 442 g/mol. The van der Waals surface area contributed by atoms with E-state index in [4.69, 9.17) is 4.42 Å². The summed E-state index contributed by atoms with van der Waals surface area (Å²) in [5.74, 6) is 0.0717. The van der Waals surface area contributed by atoms with Gasteiger partial charge in [0.05, 0.1) is 29.2 Å². The summed E-state index contributed by atoms with van der Waals surface area (Å²) in [5.41, 5.74) is 1.02. The van der Waals surface area contributed by atoms with Crippen LogP contribution in [0.25, 0.3) is 28.2 Å². The van der Waals surface area contributed by atoms with Crippen LogP contribution in [0.15, 0.2) is 81.1 Å². The number of furan rings is 1. The van der Waals surface area contributed by atoms with Crippen molar-refractivity contribution in [2.45, 2.75) is 0 Å². The molecule has 10 nitrogen and oxygen atoms in total. The Morgan fingerprint density at radius 3 is 2.52 bits per heavy atom. The Bertz CT molecular complexity index is 1610. The van der Waals surface area contributed by atoms with Crippen LogP contribution in [0.2, 0.25) is 0 Å². The molecule has 0 saturated heterocycles. The summed E-state index contributed by atoms with van der Waals surface area (Å²) < 4.78 is 9.23. The predicted molar refractivity (Wildman–Crippen MR) is 121 cm³/mol. The van der Waals surface area contributed by atoms with Crippen LogP contribution in [-0.4, -0.2) is 29.8 Å². The van der Waals surface area contributed by atoms with E-state index in [0.29, 0.717) is 22.8 Å². The number of nitrogens with one attached hydrogen (secondary N) is 1. The number of rotatable bonds is 4. The first-order valence-electron chi connectivity index (χ1n) is 10.0. The highest BCUT2D eigenvalue weighted by molar-refractivity contribution is 6.04. The summed E-state index contributed by atoms with van der Waals surface area (Å²) in [6.07, 6.45) is 2.93. The maximum atomic E-state index is 13.2. The quantitative estimate of drug-likeness (QED) is 0.457. The highest BCUT2D eigenvalue weighted by atomic mass is 16.3. The number of aromatic nitrogens is 5. The van der Waals surface area contributed by atoms with Crippen molar-refractivity contribution in [1.29, 1.82) is 0 Å². The van der Waals surface area contributed by atoms with Crippen molar-refractivity contribution < 1.29 is 9.21 Å². The molecule has 0 spiro atoms. The molecule has 0 aliphatic heterocycles. The fraction of sp³-hybridized carbons (Fsp3) is 0.0870. The summed E-state index contributed by atoms with van der Waals surface area (Å²) in [7, 11) is 2.92. The number of benzene rings is 1. The largest absolute Gasteiger partial charge is 0.463 e. The van der Waals surface area contributed by atoms with Gasteiger partial charge in [0, 0.05) is 20.2 Å². The Hall–Kier alpha value is -4.73. The second-order valence-electron chi connectivity index (χ2n) is 7.39. The number of fused-ring (bicyclic) bond motifs is 1. The molecule has 164 valence electrons. The Morgan fingerprint density at radius 1 is 1.00 bits per heavy atom. The van der Waals surface area contributed by atoms with E-state index < -0.39 is 17.2 Å². The highest BCUT2D eigenvalue weighted by Crippen LogP contribution is 2.23. The average Bonchev–Trinajstić information content (AvgIpc) is 3.52. The fourth-order valence-corrected chi connectivity index (χ4v) is 3.58. The maximum Gasteiger partial charge on any atom is 0.332 e. The van der Waals surface area contributed by atoms with Gasteiger partial charge in [-0.25, -0.2) is 14.5 Å². The van der Waals surface area contributed by atoms with Crippen LogP contribution >= 0.6 is 0 Å². The number of nitrogens with zero attached hydrogens (tertiary/aromatic N) is 5. The molecule has 0 radical (unpaired) electrons. The Balaban J connectivity index is 1.57. The number of hydrogen-bond acceptors (Lipinski definition) is 6. The van der Waals surface area contributed by atoms with E-state index >= 15 is 0 Å². The van der Waals surface area contributed by atoms with Crippen molar-refractivity contribution in [3.63, 3.8) is 0 Å². The number of anilines is 1. The van der Waals surface area contributed by atoms with Crippen LogP contribution in [0.1, 0.15) is 10.5 Å². The molecule has 1 amide bonds. The minimum Gasteiger partial charge on any atom is -0.463 e. The molecule has 0 bridgehead atoms. The van der Waals surface area contributed by atoms with Crippen molar-refractivity contribution in [2.24, 2.45) is 14.1 Å². The van der Waals surface area contributed by atoms with Crippen molar-refractivity contribution in [2.75, 3.05) is 5.32 Å². The van der Waals surface area contributed by atoms with Crippen LogP contribution in [0.5, 0.6) is 0 Å². The van der Waals surface area contributed by atoms with Crippen LogP contribution < -0.4 is 16.6 Å². The lowest BCUT2D eigenvalue weighted by molar-refractivity contribution is 0.101. The van der Waals surface area contributed by atoms with Gasteiger partial charge in [-0.05, 0) is 30.3 Å². The molecule has 0 unspecified atom stereocenters. The zero-order valence-electron chi connectivity index (χ0n) is 17.7. The molecule has 0 fully saturated rings. The fourth-order valence-electron chi connectivity index (χ4n) is 3.58. The van der Waals surface area contributed by atoms with Crippen molar-refractivity contribution >= 4 is 22.6 Å². The van der Waals surface area contributed by atoms with Gasteiger partial charge in [0.2, 0.25) is 0 Å². The van der Waals surface area contributed by atoms with Gasteiger partial charge in [-0.15, -0.1) is 0 Å². The molecule has 10 heteroatoms. The molecule has 33 heavy (non-hydrogen) atoms.